The Bertz CT molecular complexity index is 633. The molecule has 4 N–H and O–H groups in total. The maximum absolute atomic E-state index is 12.2. The second-order valence-electron chi connectivity index (χ2n) is 4.60. The smallest absolute Gasteiger partial charge is 0.130 e. The molecular weight excluding hydrogens is 310 g/mol. The summed E-state index contributed by atoms with van der Waals surface area (Å²) in [5, 5.41) is 0.880. The molecule has 0 aliphatic carbocycles. The van der Waals surface area contributed by atoms with Gasteiger partial charge in [0.25, 0.3) is 0 Å². The van der Waals surface area contributed by atoms with Gasteiger partial charge in [-0.15, -0.1) is 9.24 Å². The SMILES string of the molecule is C=N/C(N)=C(\C=C(\P)CN)C(=C/C/C=C\CF)/c1ccncc1. The maximum Gasteiger partial charge on any atom is 0.130 e. The van der Waals surface area contributed by atoms with E-state index in [9.17, 15) is 4.39 Å². The predicted octanol–water partition coefficient (Wildman–Crippen LogP) is 2.97. The molecule has 0 saturated heterocycles. The quantitative estimate of drug-likeness (QED) is 0.332. The highest BCUT2D eigenvalue weighted by atomic mass is 31.0. The molecule has 0 fully saturated rings. The van der Waals surface area contributed by atoms with Crippen LogP contribution in [0.15, 0.2) is 70.5 Å². The van der Waals surface area contributed by atoms with E-state index in [4.69, 9.17) is 11.5 Å². The fourth-order valence-electron chi connectivity index (χ4n) is 1.88. The van der Waals surface area contributed by atoms with Gasteiger partial charge in [-0.25, -0.2) is 9.38 Å². The van der Waals surface area contributed by atoms with Gasteiger partial charge in [0, 0.05) is 24.5 Å². The largest absolute Gasteiger partial charge is 0.383 e. The number of aromatic nitrogens is 1. The van der Waals surface area contributed by atoms with Crippen molar-refractivity contribution in [1.82, 2.24) is 4.98 Å². The van der Waals surface area contributed by atoms with Crippen molar-refractivity contribution < 1.29 is 4.39 Å². The van der Waals surface area contributed by atoms with E-state index in [1.165, 1.54) is 6.08 Å². The zero-order chi connectivity index (χ0) is 17.1. The lowest BCUT2D eigenvalue weighted by Crippen LogP contribution is -2.04. The number of halogens is 1. The second kappa shape index (κ2) is 10.6. The topological polar surface area (TPSA) is 77.3 Å². The molecule has 0 amide bonds. The van der Waals surface area contributed by atoms with Crippen molar-refractivity contribution in [2.24, 2.45) is 16.5 Å². The van der Waals surface area contributed by atoms with Crippen LogP contribution in [0.1, 0.15) is 12.0 Å². The van der Waals surface area contributed by atoms with Gasteiger partial charge in [-0.3, -0.25) is 4.98 Å². The van der Waals surface area contributed by atoms with Crippen LogP contribution in [0.25, 0.3) is 5.57 Å². The van der Waals surface area contributed by atoms with Crippen molar-refractivity contribution in [1.29, 1.82) is 0 Å². The molecule has 1 unspecified atom stereocenters. The molecule has 0 aliphatic heterocycles. The van der Waals surface area contributed by atoms with Gasteiger partial charge in [-0.1, -0.05) is 18.2 Å². The zero-order valence-electron chi connectivity index (χ0n) is 13.0. The number of aliphatic imine (C=N–C) groups is 1. The van der Waals surface area contributed by atoms with Crippen LogP contribution in [0.3, 0.4) is 0 Å². The van der Waals surface area contributed by atoms with E-state index < -0.39 is 6.67 Å². The number of alkyl halides is 1. The molecule has 0 aromatic carbocycles. The highest BCUT2D eigenvalue weighted by Crippen LogP contribution is 2.28. The molecule has 1 aromatic rings. The first-order chi connectivity index (χ1) is 11.1. The molecule has 1 atom stereocenters. The summed E-state index contributed by atoms with van der Waals surface area (Å²) in [5.41, 5.74) is 14.2. The number of nitrogens with two attached hydrogens (primary N) is 2. The maximum atomic E-state index is 12.2. The van der Waals surface area contributed by atoms with E-state index in [0.29, 0.717) is 18.8 Å². The summed E-state index contributed by atoms with van der Waals surface area (Å²) in [6.07, 6.45) is 11.0. The predicted molar refractivity (Wildman–Crippen MR) is 99.6 cm³/mol. The molecule has 6 heteroatoms. The van der Waals surface area contributed by atoms with E-state index in [1.807, 2.05) is 24.3 Å². The summed E-state index contributed by atoms with van der Waals surface area (Å²) in [5.74, 6) is 0.302. The first-order valence-corrected chi connectivity index (χ1v) is 7.66. The summed E-state index contributed by atoms with van der Waals surface area (Å²) < 4.78 is 12.2. The molecule has 0 bridgehead atoms. The second-order valence-corrected chi connectivity index (χ2v) is 5.34. The molecular formula is C17H22FN4P. The Labute approximate surface area is 138 Å². The van der Waals surface area contributed by atoms with Crippen LogP contribution >= 0.6 is 9.24 Å². The average molecular weight is 332 g/mol. The fourth-order valence-corrected chi connectivity index (χ4v) is 2.05. The Hall–Kier alpha value is -2.10. The van der Waals surface area contributed by atoms with Gasteiger partial charge in [0.05, 0.1) is 0 Å². The van der Waals surface area contributed by atoms with E-state index in [2.05, 4.69) is 25.9 Å². The number of rotatable bonds is 8. The summed E-state index contributed by atoms with van der Waals surface area (Å²) in [6, 6.07) is 3.75. The van der Waals surface area contributed by atoms with Crippen molar-refractivity contribution in [2.45, 2.75) is 6.42 Å². The van der Waals surface area contributed by atoms with Crippen molar-refractivity contribution in [3.63, 3.8) is 0 Å². The molecule has 0 aliphatic rings. The van der Waals surface area contributed by atoms with Crippen LogP contribution in [-0.4, -0.2) is 24.9 Å². The first-order valence-electron chi connectivity index (χ1n) is 7.08. The molecule has 1 rings (SSSR count). The molecule has 0 spiro atoms. The van der Waals surface area contributed by atoms with Crippen LogP contribution in [0.5, 0.6) is 0 Å². The van der Waals surface area contributed by atoms with E-state index in [-0.39, 0.29) is 0 Å². The molecule has 122 valence electrons. The third-order valence-corrected chi connectivity index (χ3v) is 3.41. The van der Waals surface area contributed by atoms with Crippen molar-refractivity contribution in [3.8, 4) is 0 Å². The Morgan fingerprint density at radius 3 is 2.61 bits per heavy atom. The monoisotopic (exact) mass is 332 g/mol. The van der Waals surface area contributed by atoms with Crippen LogP contribution < -0.4 is 11.5 Å². The van der Waals surface area contributed by atoms with Gasteiger partial charge < -0.3 is 11.5 Å². The summed E-state index contributed by atoms with van der Waals surface area (Å²) in [7, 11) is 2.57. The highest BCUT2D eigenvalue weighted by Gasteiger charge is 2.10. The number of hydrogen-bond donors (Lipinski definition) is 2. The van der Waals surface area contributed by atoms with E-state index in [0.717, 1.165) is 22.0 Å². The molecule has 0 saturated carbocycles. The number of pyridine rings is 1. The Morgan fingerprint density at radius 1 is 1.35 bits per heavy atom. The van der Waals surface area contributed by atoms with E-state index >= 15 is 0 Å². The van der Waals surface area contributed by atoms with Gasteiger partial charge >= 0.3 is 0 Å². The Balaban J connectivity index is 3.40. The lowest BCUT2D eigenvalue weighted by Gasteiger charge is -2.12. The van der Waals surface area contributed by atoms with Gasteiger partial charge in [0.15, 0.2) is 0 Å². The minimum Gasteiger partial charge on any atom is -0.383 e. The molecule has 23 heavy (non-hydrogen) atoms. The van der Waals surface area contributed by atoms with Crippen LogP contribution in [-0.2, 0) is 0 Å². The summed E-state index contributed by atoms with van der Waals surface area (Å²) >= 11 is 0. The minimum absolute atomic E-state index is 0.302. The van der Waals surface area contributed by atoms with Crippen molar-refractivity contribution >= 4 is 21.5 Å². The van der Waals surface area contributed by atoms with Crippen LogP contribution in [0.4, 0.5) is 4.39 Å². The minimum atomic E-state index is -0.486. The average Bonchev–Trinajstić information content (AvgIpc) is 2.60. The number of allylic oxidation sites excluding steroid dienone is 6. The molecule has 4 nitrogen and oxygen atoms in total. The molecule has 0 radical (unpaired) electrons. The zero-order valence-corrected chi connectivity index (χ0v) is 14.1. The summed E-state index contributed by atoms with van der Waals surface area (Å²) in [6.45, 7) is 3.39. The first kappa shape index (κ1) is 18.9. The van der Waals surface area contributed by atoms with Crippen molar-refractivity contribution in [2.75, 3.05) is 13.2 Å². The third kappa shape index (κ3) is 6.27. The van der Waals surface area contributed by atoms with Crippen LogP contribution in [0, 0.1) is 0 Å². The lowest BCUT2D eigenvalue weighted by atomic mass is 9.96. The Kier molecular flexibility index (Phi) is 8.73. The fraction of sp³-hybridized carbons (Fsp3) is 0.176. The van der Waals surface area contributed by atoms with Gasteiger partial charge in [-0.05, 0) is 47.8 Å². The Morgan fingerprint density at radius 2 is 2.04 bits per heavy atom. The lowest BCUT2D eigenvalue weighted by molar-refractivity contribution is 0.561. The third-order valence-electron chi connectivity index (χ3n) is 3.01. The normalized spacial score (nSPS) is 14.0. The molecule has 1 heterocycles. The van der Waals surface area contributed by atoms with Gasteiger partial charge in [0.1, 0.15) is 12.5 Å². The van der Waals surface area contributed by atoms with Crippen molar-refractivity contribution in [3.05, 3.63) is 71.1 Å². The standard InChI is InChI=1S/C17H22FN4P/c1-21-17(20)16(11-14(23)12-19)15(5-3-2-4-8-18)13-6-9-22-10-7-13/h2,4-7,9-11H,1,3,8,12,19-20,23H2/b4-2-,14-11+,15-5+,17-16+. The summed E-state index contributed by atoms with van der Waals surface area (Å²) in [4.78, 5) is 7.87. The van der Waals surface area contributed by atoms with Gasteiger partial charge in [-0.2, -0.15) is 0 Å². The number of hydrogen-bond acceptors (Lipinski definition) is 4. The molecule has 1 aromatic heterocycles. The van der Waals surface area contributed by atoms with Gasteiger partial charge in [0.2, 0.25) is 0 Å². The van der Waals surface area contributed by atoms with Crippen LogP contribution in [0.2, 0.25) is 0 Å². The highest BCUT2D eigenvalue weighted by molar-refractivity contribution is 7.22. The number of nitrogens with zero attached hydrogens (tertiary/aromatic N) is 2. The van der Waals surface area contributed by atoms with E-state index in [1.54, 1.807) is 18.5 Å².